The second kappa shape index (κ2) is 6.83. The maximum absolute atomic E-state index is 12.2. The number of sulfonamides is 1. The molecule has 21 heavy (non-hydrogen) atoms. The SMILES string of the molecule is O=S(=O)(Nc1cnccn1)c1cccc(C#CCCO)c1. The lowest BCUT2D eigenvalue weighted by atomic mass is 10.2. The summed E-state index contributed by atoms with van der Waals surface area (Å²) in [6.07, 6.45) is 4.51. The molecule has 0 aliphatic rings. The number of hydrogen-bond acceptors (Lipinski definition) is 5. The van der Waals surface area contributed by atoms with E-state index >= 15 is 0 Å². The van der Waals surface area contributed by atoms with E-state index in [0.29, 0.717) is 12.0 Å². The van der Waals surface area contributed by atoms with Crippen molar-refractivity contribution in [3.63, 3.8) is 0 Å². The number of aliphatic hydroxyl groups excluding tert-OH is 1. The fourth-order valence-electron chi connectivity index (χ4n) is 1.51. The van der Waals surface area contributed by atoms with Crippen LogP contribution in [0.15, 0.2) is 47.8 Å². The van der Waals surface area contributed by atoms with Crippen molar-refractivity contribution in [2.24, 2.45) is 0 Å². The molecular weight excluding hydrogens is 290 g/mol. The minimum Gasteiger partial charge on any atom is -0.395 e. The molecule has 0 spiro atoms. The van der Waals surface area contributed by atoms with Crippen molar-refractivity contribution in [1.82, 2.24) is 9.97 Å². The van der Waals surface area contributed by atoms with E-state index in [-0.39, 0.29) is 17.3 Å². The van der Waals surface area contributed by atoms with E-state index in [2.05, 4.69) is 26.5 Å². The Labute approximate surface area is 122 Å². The van der Waals surface area contributed by atoms with Gasteiger partial charge in [-0.3, -0.25) is 9.71 Å². The van der Waals surface area contributed by atoms with Crippen molar-refractivity contribution < 1.29 is 13.5 Å². The van der Waals surface area contributed by atoms with Crippen LogP contribution in [0.2, 0.25) is 0 Å². The van der Waals surface area contributed by atoms with Gasteiger partial charge in [0, 0.05) is 24.4 Å². The lowest BCUT2D eigenvalue weighted by Crippen LogP contribution is -2.14. The number of nitrogens with one attached hydrogen (secondary N) is 1. The lowest BCUT2D eigenvalue weighted by molar-refractivity contribution is 0.305. The summed E-state index contributed by atoms with van der Waals surface area (Å²) in [7, 11) is -3.74. The highest BCUT2D eigenvalue weighted by atomic mass is 32.2. The topological polar surface area (TPSA) is 92.2 Å². The summed E-state index contributed by atoms with van der Waals surface area (Å²) in [5, 5.41) is 8.67. The van der Waals surface area contributed by atoms with Crippen LogP contribution in [-0.2, 0) is 10.0 Å². The minimum atomic E-state index is -3.74. The van der Waals surface area contributed by atoms with Crippen LogP contribution in [0.3, 0.4) is 0 Å². The zero-order valence-corrected chi connectivity index (χ0v) is 11.8. The fourth-order valence-corrected chi connectivity index (χ4v) is 2.55. The van der Waals surface area contributed by atoms with Crippen molar-refractivity contribution in [3.8, 4) is 11.8 Å². The van der Waals surface area contributed by atoms with Crippen LogP contribution in [0.1, 0.15) is 12.0 Å². The van der Waals surface area contributed by atoms with Gasteiger partial charge in [-0.25, -0.2) is 13.4 Å². The summed E-state index contributed by atoms with van der Waals surface area (Å²) in [6.45, 7) is -0.0286. The van der Waals surface area contributed by atoms with Gasteiger partial charge in [0.15, 0.2) is 5.82 Å². The van der Waals surface area contributed by atoms with E-state index in [1.54, 1.807) is 12.1 Å². The predicted molar refractivity (Wildman–Crippen MR) is 77.9 cm³/mol. The Bertz CT molecular complexity index is 765. The zero-order chi connectivity index (χ0) is 15.1. The molecule has 0 amide bonds. The summed E-state index contributed by atoms with van der Waals surface area (Å²) in [5.74, 6) is 5.68. The van der Waals surface area contributed by atoms with E-state index in [1.807, 2.05) is 0 Å². The van der Waals surface area contributed by atoms with Gasteiger partial charge in [0.1, 0.15) is 0 Å². The Morgan fingerprint density at radius 2 is 2.14 bits per heavy atom. The van der Waals surface area contributed by atoms with Crippen LogP contribution < -0.4 is 4.72 Å². The molecule has 0 radical (unpaired) electrons. The molecule has 0 unspecified atom stereocenters. The van der Waals surface area contributed by atoms with Crippen LogP contribution in [0.4, 0.5) is 5.82 Å². The van der Waals surface area contributed by atoms with Crippen molar-refractivity contribution in [3.05, 3.63) is 48.4 Å². The molecular formula is C14H13N3O3S. The first kappa shape index (κ1) is 15.0. The van der Waals surface area contributed by atoms with Gasteiger partial charge >= 0.3 is 0 Å². The second-order valence-corrected chi connectivity index (χ2v) is 5.68. The van der Waals surface area contributed by atoms with Gasteiger partial charge in [0.05, 0.1) is 17.7 Å². The van der Waals surface area contributed by atoms with E-state index in [1.165, 1.54) is 30.7 Å². The second-order valence-electron chi connectivity index (χ2n) is 4.00. The molecule has 0 aliphatic heterocycles. The molecule has 0 saturated carbocycles. The third-order valence-corrected chi connectivity index (χ3v) is 3.77. The molecule has 0 aliphatic carbocycles. The van der Waals surface area contributed by atoms with Gasteiger partial charge in [-0.15, -0.1) is 0 Å². The first-order valence-corrected chi connectivity index (χ1v) is 7.59. The van der Waals surface area contributed by atoms with Gasteiger partial charge in [-0.1, -0.05) is 17.9 Å². The van der Waals surface area contributed by atoms with Gasteiger partial charge in [0.2, 0.25) is 0 Å². The Morgan fingerprint density at radius 1 is 1.29 bits per heavy atom. The van der Waals surface area contributed by atoms with E-state index in [0.717, 1.165) is 0 Å². The number of rotatable bonds is 4. The quantitative estimate of drug-likeness (QED) is 0.822. The molecule has 0 fully saturated rings. The van der Waals surface area contributed by atoms with Gasteiger partial charge < -0.3 is 5.11 Å². The minimum absolute atomic E-state index is 0.0286. The average Bonchev–Trinajstić information content (AvgIpc) is 2.48. The van der Waals surface area contributed by atoms with Crippen LogP contribution in [0.25, 0.3) is 0 Å². The zero-order valence-electron chi connectivity index (χ0n) is 11.0. The number of aliphatic hydroxyl groups is 1. The molecule has 2 aromatic rings. The first-order chi connectivity index (χ1) is 10.1. The molecule has 6 nitrogen and oxygen atoms in total. The lowest BCUT2D eigenvalue weighted by Gasteiger charge is -2.06. The molecule has 1 heterocycles. The van der Waals surface area contributed by atoms with E-state index in [9.17, 15) is 8.42 Å². The van der Waals surface area contributed by atoms with Gasteiger partial charge in [-0.2, -0.15) is 0 Å². The maximum atomic E-state index is 12.2. The van der Waals surface area contributed by atoms with Crippen LogP contribution in [0.5, 0.6) is 0 Å². The molecule has 1 aromatic carbocycles. The van der Waals surface area contributed by atoms with Crippen LogP contribution >= 0.6 is 0 Å². The summed E-state index contributed by atoms with van der Waals surface area (Å²) in [6, 6.07) is 6.24. The third kappa shape index (κ3) is 4.27. The summed E-state index contributed by atoms with van der Waals surface area (Å²) < 4.78 is 26.8. The van der Waals surface area contributed by atoms with Crippen molar-refractivity contribution in [1.29, 1.82) is 0 Å². The van der Waals surface area contributed by atoms with Crippen molar-refractivity contribution in [2.45, 2.75) is 11.3 Å². The van der Waals surface area contributed by atoms with E-state index < -0.39 is 10.0 Å². The Morgan fingerprint density at radius 3 is 2.86 bits per heavy atom. The Hall–Kier alpha value is -2.43. The number of benzene rings is 1. The monoisotopic (exact) mass is 303 g/mol. The third-order valence-electron chi connectivity index (χ3n) is 2.42. The number of hydrogen-bond donors (Lipinski definition) is 2. The smallest absolute Gasteiger partial charge is 0.263 e. The molecule has 1 aromatic heterocycles. The highest BCUT2D eigenvalue weighted by molar-refractivity contribution is 7.92. The maximum Gasteiger partial charge on any atom is 0.263 e. The molecule has 7 heteroatoms. The molecule has 0 atom stereocenters. The Kier molecular flexibility index (Phi) is 4.87. The Balaban J connectivity index is 2.25. The normalized spacial score (nSPS) is 10.5. The highest BCUT2D eigenvalue weighted by Gasteiger charge is 2.14. The molecule has 0 saturated heterocycles. The molecule has 108 valence electrons. The molecule has 2 N–H and O–H groups in total. The number of aromatic nitrogens is 2. The predicted octanol–water partition coefficient (Wildman–Crippen LogP) is 1.01. The van der Waals surface area contributed by atoms with Crippen LogP contribution in [-0.4, -0.2) is 30.1 Å². The van der Waals surface area contributed by atoms with Crippen LogP contribution in [0, 0.1) is 11.8 Å². The van der Waals surface area contributed by atoms with Crippen molar-refractivity contribution >= 4 is 15.8 Å². The summed E-state index contributed by atoms with van der Waals surface area (Å²) in [5.41, 5.74) is 0.561. The van der Waals surface area contributed by atoms with Gasteiger partial charge in [0.25, 0.3) is 10.0 Å². The standard InChI is InChI=1S/C14H13N3O3S/c18-9-2-1-4-12-5-3-6-13(10-12)21(19,20)17-14-11-15-7-8-16-14/h3,5-8,10-11,18H,2,9H2,(H,16,17). The first-order valence-electron chi connectivity index (χ1n) is 6.10. The number of nitrogens with zero attached hydrogens (tertiary/aromatic N) is 2. The van der Waals surface area contributed by atoms with Crippen molar-refractivity contribution in [2.75, 3.05) is 11.3 Å². The number of anilines is 1. The largest absolute Gasteiger partial charge is 0.395 e. The van der Waals surface area contributed by atoms with Gasteiger partial charge in [-0.05, 0) is 18.2 Å². The summed E-state index contributed by atoms with van der Waals surface area (Å²) in [4.78, 5) is 7.75. The fraction of sp³-hybridized carbons (Fsp3) is 0.143. The van der Waals surface area contributed by atoms with E-state index in [4.69, 9.17) is 5.11 Å². The molecule has 0 bridgehead atoms. The summed E-state index contributed by atoms with van der Waals surface area (Å²) >= 11 is 0. The highest BCUT2D eigenvalue weighted by Crippen LogP contribution is 2.14. The molecule has 2 rings (SSSR count). The average molecular weight is 303 g/mol.